The van der Waals surface area contributed by atoms with Crippen LogP contribution in [0.1, 0.15) is 5.56 Å². The lowest BCUT2D eigenvalue weighted by atomic mass is 10.1. The molecule has 2 aromatic rings. The van der Waals surface area contributed by atoms with Gasteiger partial charge in [-0.1, -0.05) is 34.1 Å². The van der Waals surface area contributed by atoms with E-state index in [-0.39, 0.29) is 6.10 Å². The van der Waals surface area contributed by atoms with Gasteiger partial charge in [0.2, 0.25) is 0 Å². The molecule has 1 atom stereocenters. The van der Waals surface area contributed by atoms with Crippen LogP contribution in [0.2, 0.25) is 0 Å². The summed E-state index contributed by atoms with van der Waals surface area (Å²) in [6, 6.07) is 16.5. The molecule has 0 aliphatic heterocycles. The summed E-state index contributed by atoms with van der Waals surface area (Å²) < 4.78 is 2.30. The van der Waals surface area contributed by atoms with Gasteiger partial charge in [-0.25, -0.2) is 0 Å². The third kappa shape index (κ3) is 5.45. The molecule has 0 radical (unpaired) electrons. The van der Waals surface area contributed by atoms with Crippen LogP contribution in [0.5, 0.6) is 0 Å². The predicted octanol–water partition coefficient (Wildman–Crippen LogP) is 4.75. The normalized spacial score (nSPS) is 12.4. The Morgan fingerprint density at radius 1 is 1.16 bits per heavy atom. The fraction of sp³-hybridized carbons (Fsp3) is 0.200. The average Bonchev–Trinajstić information content (AvgIpc) is 2.39. The lowest BCUT2D eigenvalue weighted by Crippen LogP contribution is -2.13. The summed E-state index contributed by atoms with van der Waals surface area (Å²) in [6.45, 7) is 0. The van der Waals surface area contributed by atoms with Crippen LogP contribution in [-0.2, 0) is 6.42 Å². The first kappa shape index (κ1) is 15.4. The molecule has 0 aliphatic rings. The van der Waals surface area contributed by atoms with E-state index < -0.39 is 0 Å². The van der Waals surface area contributed by atoms with E-state index in [4.69, 9.17) is 0 Å². The maximum atomic E-state index is 10.1. The lowest BCUT2D eigenvalue weighted by molar-refractivity contribution is 0.200. The summed E-state index contributed by atoms with van der Waals surface area (Å²) in [5, 5.41) is 10.1. The topological polar surface area (TPSA) is 20.2 Å². The van der Waals surface area contributed by atoms with Gasteiger partial charge in [0.25, 0.3) is 0 Å². The van der Waals surface area contributed by atoms with Crippen LogP contribution in [0.15, 0.2) is 57.9 Å². The summed E-state index contributed by atoms with van der Waals surface area (Å²) in [4.78, 5) is 1.18. The van der Waals surface area contributed by atoms with E-state index in [9.17, 15) is 5.11 Å². The van der Waals surface area contributed by atoms with Crippen molar-refractivity contribution in [3.8, 4) is 0 Å². The molecular weight excluding hydrogens is 435 g/mol. The summed E-state index contributed by atoms with van der Waals surface area (Å²) in [5.41, 5.74) is 1.18. The molecule has 0 spiro atoms. The van der Waals surface area contributed by atoms with Crippen molar-refractivity contribution in [1.82, 2.24) is 0 Å². The molecule has 2 aromatic carbocycles. The first-order chi connectivity index (χ1) is 9.13. The highest BCUT2D eigenvalue weighted by atomic mass is 127. The van der Waals surface area contributed by atoms with Crippen molar-refractivity contribution < 1.29 is 5.11 Å². The van der Waals surface area contributed by atoms with Crippen molar-refractivity contribution in [2.24, 2.45) is 0 Å². The second-order valence-electron chi connectivity index (χ2n) is 4.25. The second kappa shape index (κ2) is 7.67. The minimum Gasteiger partial charge on any atom is -0.392 e. The van der Waals surface area contributed by atoms with E-state index in [1.165, 1.54) is 14.0 Å². The van der Waals surface area contributed by atoms with Crippen LogP contribution < -0.4 is 0 Å². The molecule has 0 bridgehead atoms. The monoisotopic (exact) mass is 448 g/mol. The molecule has 0 saturated heterocycles. The fourth-order valence-electron chi connectivity index (χ4n) is 1.70. The van der Waals surface area contributed by atoms with Crippen molar-refractivity contribution in [2.45, 2.75) is 17.4 Å². The van der Waals surface area contributed by atoms with Gasteiger partial charge < -0.3 is 5.11 Å². The predicted molar refractivity (Wildman–Crippen MR) is 93.7 cm³/mol. The summed E-state index contributed by atoms with van der Waals surface area (Å²) in [7, 11) is 0. The molecule has 19 heavy (non-hydrogen) atoms. The van der Waals surface area contributed by atoms with E-state index in [1.54, 1.807) is 11.8 Å². The third-order valence-electron chi connectivity index (χ3n) is 2.62. The van der Waals surface area contributed by atoms with Crippen molar-refractivity contribution >= 4 is 50.3 Å². The highest BCUT2D eigenvalue weighted by molar-refractivity contribution is 14.1. The van der Waals surface area contributed by atoms with Gasteiger partial charge in [-0.3, -0.25) is 0 Å². The van der Waals surface area contributed by atoms with E-state index in [2.05, 4.69) is 74.9 Å². The molecule has 0 saturated carbocycles. The molecule has 0 heterocycles. The highest BCUT2D eigenvalue weighted by Crippen LogP contribution is 2.23. The minimum atomic E-state index is -0.316. The average molecular weight is 449 g/mol. The van der Waals surface area contributed by atoms with Crippen LogP contribution in [-0.4, -0.2) is 17.0 Å². The van der Waals surface area contributed by atoms with Gasteiger partial charge in [0, 0.05) is 18.7 Å². The molecular formula is C15H14BrIOS. The standard InChI is InChI=1S/C15H14BrIOS/c16-12-2-1-3-15(9-12)19-10-14(18)8-11-4-6-13(17)7-5-11/h1-7,9,14,18H,8,10H2. The van der Waals surface area contributed by atoms with Gasteiger partial charge in [0.15, 0.2) is 0 Å². The van der Waals surface area contributed by atoms with Gasteiger partial charge in [0.05, 0.1) is 6.10 Å². The number of aliphatic hydroxyl groups is 1. The first-order valence-corrected chi connectivity index (χ1v) is 8.80. The van der Waals surface area contributed by atoms with Gasteiger partial charge in [-0.2, -0.15) is 0 Å². The van der Waals surface area contributed by atoms with Crippen molar-refractivity contribution in [3.63, 3.8) is 0 Å². The third-order valence-corrected chi connectivity index (χ3v) is 4.97. The number of hydrogen-bond donors (Lipinski definition) is 1. The SMILES string of the molecule is OC(CSc1cccc(Br)c1)Cc1ccc(I)cc1. The number of hydrogen-bond acceptors (Lipinski definition) is 2. The Hall–Kier alpha value is -0.0400. The molecule has 1 nitrogen and oxygen atoms in total. The van der Waals surface area contributed by atoms with Crippen LogP contribution in [0.4, 0.5) is 0 Å². The van der Waals surface area contributed by atoms with E-state index >= 15 is 0 Å². The van der Waals surface area contributed by atoms with Crippen molar-refractivity contribution in [1.29, 1.82) is 0 Å². The minimum absolute atomic E-state index is 0.316. The van der Waals surface area contributed by atoms with E-state index in [0.717, 1.165) is 4.47 Å². The summed E-state index contributed by atoms with van der Waals surface area (Å²) in [5.74, 6) is 0.711. The highest BCUT2D eigenvalue weighted by Gasteiger charge is 2.07. The Kier molecular flexibility index (Phi) is 6.19. The lowest BCUT2D eigenvalue weighted by Gasteiger charge is -2.10. The zero-order chi connectivity index (χ0) is 13.7. The molecule has 0 aromatic heterocycles. The Morgan fingerprint density at radius 2 is 1.89 bits per heavy atom. The number of aliphatic hydroxyl groups excluding tert-OH is 1. The maximum Gasteiger partial charge on any atom is 0.0674 e. The molecule has 4 heteroatoms. The van der Waals surface area contributed by atoms with Crippen LogP contribution in [0.25, 0.3) is 0 Å². The Labute approximate surface area is 140 Å². The smallest absolute Gasteiger partial charge is 0.0674 e. The van der Waals surface area contributed by atoms with Gasteiger partial charge in [-0.15, -0.1) is 11.8 Å². The molecule has 100 valence electrons. The molecule has 0 fully saturated rings. The molecule has 2 rings (SSSR count). The van der Waals surface area contributed by atoms with Gasteiger partial charge >= 0.3 is 0 Å². The van der Waals surface area contributed by atoms with Crippen molar-refractivity contribution in [2.75, 3.05) is 5.75 Å². The zero-order valence-corrected chi connectivity index (χ0v) is 14.8. The maximum absolute atomic E-state index is 10.1. The summed E-state index contributed by atoms with van der Waals surface area (Å²) in [6.07, 6.45) is 0.391. The van der Waals surface area contributed by atoms with E-state index in [1.807, 2.05) is 12.1 Å². The van der Waals surface area contributed by atoms with Gasteiger partial charge in [-0.05, 0) is 64.9 Å². The quantitative estimate of drug-likeness (QED) is 0.526. The second-order valence-corrected chi connectivity index (χ2v) is 7.51. The largest absolute Gasteiger partial charge is 0.392 e. The van der Waals surface area contributed by atoms with Gasteiger partial charge in [0.1, 0.15) is 0 Å². The fourth-order valence-corrected chi connectivity index (χ4v) is 3.50. The Balaban J connectivity index is 1.84. The number of benzene rings is 2. The molecule has 0 amide bonds. The van der Waals surface area contributed by atoms with Crippen molar-refractivity contribution in [3.05, 3.63) is 62.1 Å². The molecule has 0 aliphatic carbocycles. The van der Waals surface area contributed by atoms with Crippen LogP contribution >= 0.6 is 50.3 Å². The van der Waals surface area contributed by atoms with E-state index in [0.29, 0.717) is 12.2 Å². The zero-order valence-electron chi connectivity index (χ0n) is 10.2. The number of thioether (sulfide) groups is 1. The Morgan fingerprint density at radius 3 is 2.58 bits per heavy atom. The molecule has 1 N–H and O–H groups in total. The van der Waals surface area contributed by atoms with Crippen LogP contribution in [0, 0.1) is 3.57 Å². The number of rotatable bonds is 5. The van der Waals surface area contributed by atoms with Crippen LogP contribution in [0.3, 0.4) is 0 Å². The number of halogens is 2. The Bertz CT molecular complexity index is 530. The molecule has 1 unspecified atom stereocenters. The first-order valence-electron chi connectivity index (χ1n) is 5.94. The summed E-state index contributed by atoms with van der Waals surface area (Å²) >= 11 is 7.42.